The summed E-state index contributed by atoms with van der Waals surface area (Å²) in [5.41, 5.74) is 31.3. The van der Waals surface area contributed by atoms with Crippen molar-refractivity contribution in [1.29, 1.82) is 0 Å². The lowest BCUT2D eigenvalue weighted by molar-refractivity contribution is 1.12. The zero-order valence-electron chi connectivity index (χ0n) is 52.2. The highest BCUT2D eigenvalue weighted by Crippen LogP contribution is 2.49. The molecule has 0 bridgehead atoms. The van der Waals surface area contributed by atoms with Gasteiger partial charge in [0.1, 0.15) is 0 Å². The number of benzene rings is 14. The van der Waals surface area contributed by atoms with Gasteiger partial charge in [0, 0.05) is 61.6 Å². The van der Waals surface area contributed by atoms with Gasteiger partial charge in [-0.3, -0.25) is 0 Å². The molecule has 2 aromatic heterocycles. The Morgan fingerprint density at radius 2 is 0.663 bits per heavy atom. The second kappa shape index (κ2) is 23.1. The van der Waals surface area contributed by atoms with Gasteiger partial charge in [-0.25, -0.2) is 9.97 Å². The van der Waals surface area contributed by atoms with Gasteiger partial charge in [-0.1, -0.05) is 267 Å². The standard InChI is InChI=1S/C89H60BN5/c1-59-23-22-37-75(89-91-79(66-32-16-6-17-33-66)58-80(92-89)67-34-18-7-19-35-67)88(59)95-81-38-21-20-36-74(81)76-53-68(43-50-82(76)95)71-56-85-87-86(57-71)94(73-48-41-65(42-49-73)61-26-10-3-11-27-61)84-52-45-70(63-30-14-5-15-31-63)55-78(84)90(87)77-54-69(62-28-12-4-13-29-62)44-51-83(77)93(85)72-46-39-64(40-47-72)60-24-8-2-9-25-60/h2-58H,1H3. The van der Waals surface area contributed by atoms with Gasteiger partial charge >= 0.3 is 0 Å². The summed E-state index contributed by atoms with van der Waals surface area (Å²) in [5.74, 6) is 0.669. The average molecular weight is 1210 g/mol. The van der Waals surface area contributed by atoms with Crippen LogP contribution in [0.2, 0.25) is 0 Å². The van der Waals surface area contributed by atoms with E-state index in [9.17, 15) is 0 Å². The largest absolute Gasteiger partial charge is 0.311 e. The van der Waals surface area contributed by atoms with Gasteiger partial charge in [0.2, 0.25) is 0 Å². The molecule has 0 saturated heterocycles. The van der Waals surface area contributed by atoms with Crippen molar-refractivity contribution in [2.75, 3.05) is 9.80 Å². The SMILES string of the molecule is Cc1cccc(-c2nc(-c3ccccc3)cc(-c3ccccc3)n2)c1-n1c2ccccc2c2cc(-c3cc4c5c(c3)N(c3ccc(-c6ccccc6)cc3)c3ccc(-c6ccccc6)cc3B5c3cc(-c5ccccc5)ccc3N4c3ccc(-c4ccccc4)cc3)ccc21. The van der Waals surface area contributed by atoms with Crippen LogP contribution in [0.1, 0.15) is 5.56 Å². The van der Waals surface area contributed by atoms with Crippen LogP contribution in [-0.4, -0.2) is 21.2 Å². The lowest BCUT2D eigenvalue weighted by Gasteiger charge is -2.44. The molecule has 14 aromatic carbocycles. The van der Waals surface area contributed by atoms with Crippen molar-refractivity contribution in [1.82, 2.24) is 14.5 Å². The Bertz CT molecular complexity index is 5330. The van der Waals surface area contributed by atoms with Gasteiger partial charge in [0.05, 0.1) is 28.1 Å². The van der Waals surface area contributed by atoms with Crippen molar-refractivity contribution in [3.8, 4) is 95.2 Å². The van der Waals surface area contributed by atoms with Gasteiger partial charge < -0.3 is 14.4 Å². The molecule has 0 atom stereocenters. The van der Waals surface area contributed by atoms with E-state index in [-0.39, 0.29) is 6.71 Å². The van der Waals surface area contributed by atoms with E-state index in [2.05, 4.69) is 367 Å². The molecule has 0 fully saturated rings. The smallest absolute Gasteiger partial charge is 0.252 e. The van der Waals surface area contributed by atoms with Gasteiger partial charge in [-0.05, 0) is 163 Å². The predicted octanol–water partition coefficient (Wildman–Crippen LogP) is 21.3. The molecule has 0 radical (unpaired) electrons. The van der Waals surface area contributed by atoms with Crippen molar-refractivity contribution >= 4 is 79.0 Å². The summed E-state index contributed by atoms with van der Waals surface area (Å²) in [6, 6.07) is 126. The van der Waals surface area contributed by atoms with Crippen molar-refractivity contribution in [2.24, 2.45) is 0 Å². The molecule has 5 nitrogen and oxygen atoms in total. The Hall–Kier alpha value is -12.4. The van der Waals surface area contributed by atoms with Crippen LogP contribution in [-0.2, 0) is 0 Å². The number of hydrogen-bond acceptors (Lipinski definition) is 4. The number of aryl methyl sites for hydroxylation is 1. The Balaban J connectivity index is 0.881. The van der Waals surface area contributed by atoms with Crippen LogP contribution in [0.25, 0.3) is 117 Å². The van der Waals surface area contributed by atoms with Crippen molar-refractivity contribution in [3.63, 3.8) is 0 Å². The van der Waals surface area contributed by atoms with E-state index in [1.807, 2.05) is 0 Å². The Morgan fingerprint density at radius 1 is 0.274 bits per heavy atom. The molecule has 444 valence electrons. The number of anilines is 6. The van der Waals surface area contributed by atoms with Crippen LogP contribution >= 0.6 is 0 Å². The summed E-state index contributed by atoms with van der Waals surface area (Å²) in [6.07, 6.45) is 0. The molecular weight excluding hydrogens is 1150 g/mol. The zero-order valence-corrected chi connectivity index (χ0v) is 52.2. The first kappa shape index (κ1) is 55.5. The van der Waals surface area contributed by atoms with Gasteiger partial charge in [0.15, 0.2) is 5.82 Å². The van der Waals surface area contributed by atoms with Gasteiger partial charge in [-0.15, -0.1) is 0 Å². The third kappa shape index (κ3) is 9.65. The molecule has 0 saturated carbocycles. The molecule has 0 unspecified atom stereocenters. The van der Waals surface area contributed by atoms with Crippen molar-refractivity contribution in [2.45, 2.75) is 6.92 Å². The van der Waals surface area contributed by atoms with Crippen LogP contribution in [0.15, 0.2) is 346 Å². The number of nitrogens with zero attached hydrogens (tertiary/aromatic N) is 5. The normalized spacial score (nSPS) is 12.2. The first-order chi connectivity index (χ1) is 47.0. The lowest BCUT2D eigenvalue weighted by Crippen LogP contribution is -2.61. The topological polar surface area (TPSA) is 37.2 Å². The highest BCUT2D eigenvalue weighted by Gasteiger charge is 2.44. The Morgan fingerprint density at radius 3 is 1.15 bits per heavy atom. The quantitative estimate of drug-likeness (QED) is 0.121. The maximum atomic E-state index is 5.41. The van der Waals surface area contributed by atoms with E-state index >= 15 is 0 Å². The summed E-state index contributed by atoms with van der Waals surface area (Å²) in [7, 11) is 0. The van der Waals surface area contributed by atoms with Crippen LogP contribution in [0.4, 0.5) is 34.1 Å². The monoisotopic (exact) mass is 1210 g/mol. The zero-order chi connectivity index (χ0) is 62.9. The summed E-state index contributed by atoms with van der Waals surface area (Å²) in [4.78, 5) is 15.9. The molecule has 2 aliphatic heterocycles. The minimum absolute atomic E-state index is 0.143. The molecule has 0 amide bonds. The van der Waals surface area contributed by atoms with Crippen molar-refractivity contribution < 1.29 is 0 Å². The molecule has 4 heterocycles. The Labute approximate surface area is 553 Å². The fourth-order valence-electron chi connectivity index (χ4n) is 14.8. The first-order valence-electron chi connectivity index (χ1n) is 32.6. The molecule has 16 aromatic rings. The molecule has 0 spiro atoms. The average Bonchev–Trinajstić information content (AvgIpc) is 1.05. The minimum Gasteiger partial charge on any atom is -0.311 e. The Kier molecular flexibility index (Phi) is 13.5. The molecule has 18 rings (SSSR count). The predicted molar refractivity (Wildman–Crippen MR) is 399 cm³/mol. The van der Waals surface area contributed by atoms with E-state index in [1.165, 1.54) is 60.9 Å². The molecule has 6 heteroatoms. The second-order valence-corrected chi connectivity index (χ2v) is 24.9. The summed E-state index contributed by atoms with van der Waals surface area (Å²) < 4.78 is 2.45. The number of para-hydroxylation sites is 2. The molecule has 95 heavy (non-hydrogen) atoms. The third-order valence-electron chi connectivity index (χ3n) is 19.3. The molecule has 0 N–H and O–H groups in total. The third-order valence-corrected chi connectivity index (χ3v) is 19.3. The fourth-order valence-corrected chi connectivity index (χ4v) is 14.8. The molecule has 2 aliphatic rings. The summed E-state index contributed by atoms with van der Waals surface area (Å²) in [5, 5.41) is 2.31. The van der Waals surface area contributed by atoms with Crippen LogP contribution in [0, 0.1) is 6.92 Å². The maximum Gasteiger partial charge on any atom is 0.252 e. The van der Waals surface area contributed by atoms with Crippen LogP contribution < -0.4 is 26.2 Å². The first-order valence-corrected chi connectivity index (χ1v) is 32.6. The summed E-state index contributed by atoms with van der Waals surface area (Å²) in [6.45, 7) is 2.07. The highest BCUT2D eigenvalue weighted by atomic mass is 15.2. The van der Waals surface area contributed by atoms with Crippen LogP contribution in [0.5, 0.6) is 0 Å². The lowest BCUT2D eigenvalue weighted by atomic mass is 9.33. The van der Waals surface area contributed by atoms with E-state index in [1.54, 1.807) is 0 Å². The number of hydrogen-bond donors (Lipinski definition) is 0. The number of rotatable bonds is 11. The molecular formula is C89H60BN5. The van der Waals surface area contributed by atoms with E-state index < -0.39 is 0 Å². The number of fused-ring (bicyclic) bond motifs is 7. The van der Waals surface area contributed by atoms with E-state index in [0.29, 0.717) is 5.82 Å². The van der Waals surface area contributed by atoms with E-state index in [0.717, 1.165) is 106 Å². The fraction of sp³-hybridized carbons (Fsp3) is 0.0112. The second-order valence-electron chi connectivity index (χ2n) is 24.9. The van der Waals surface area contributed by atoms with Crippen molar-refractivity contribution in [3.05, 3.63) is 351 Å². The molecule has 0 aliphatic carbocycles. The van der Waals surface area contributed by atoms with Crippen LogP contribution in [0.3, 0.4) is 0 Å². The summed E-state index contributed by atoms with van der Waals surface area (Å²) >= 11 is 0. The number of aromatic nitrogens is 3. The van der Waals surface area contributed by atoms with E-state index in [4.69, 9.17) is 9.97 Å². The minimum atomic E-state index is -0.143. The van der Waals surface area contributed by atoms with Gasteiger partial charge in [0.25, 0.3) is 6.71 Å². The highest BCUT2D eigenvalue weighted by molar-refractivity contribution is 7.00. The van der Waals surface area contributed by atoms with Gasteiger partial charge in [-0.2, -0.15) is 0 Å². The maximum absolute atomic E-state index is 5.41.